The van der Waals surface area contributed by atoms with Gasteiger partial charge in [-0.3, -0.25) is 0 Å². The van der Waals surface area contributed by atoms with E-state index in [1.54, 1.807) is 14.2 Å². The molecule has 1 unspecified atom stereocenters. The lowest BCUT2D eigenvalue weighted by Gasteiger charge is -2.24. The first kappa shape index (κ1) is 16.8. The molecule has 0 aliphatic heterocycles. The molecule has 2 N–H and O–H groups in total. The Labute approximate surface area is 144 Å². The van der Waals surface area contributed by atoms with Crippen molar-refractivity contribution in [1.82, 2.24) is 0 Å². The third-order valence-corrected chi connectivity index (χ3v) is 5.18. The molecule has 1 atom stereocenters. The Morgan fingerprint density at radius 2 is 1.46 bits per heavy atom. The summed E-state index contributed by atoms with van der Waals surface area (Å²) in [6, 6.07) is 13.2. The minimum atomic E-state index is 0.206. The average molecular weight is 325 g/mol. The molecule has 1 aliphatic carbocycles. The zero-order valence-electron chi connectivity index (χ0n) is 14.8. The van der Waals surface area contributed by atoms with Crippen molar-refractivity contribution in [2.45, 2.75) is 44.6 Å². The first-order valence-corrected chi connectivity index (χ1v) is 8.75. The fraction of sp³-hybridized carbons (Fsp3) is 0.429. The molecule has 0 saturated heterocycles. The monoisotopic (exact) mass is 325 g/mol. The molecule has 0 heterocycles. The average Bonchev–Trinajstić information content (AvgIpc) is 2.77. The molecular weight excluding hydrogens is 298 g/mol. The highest BCUT2D eigenvalue weighted by molar-refractivity contribution is 5.49. The van der Waals surface area contributed by atoms with E-state index in [0.29, 0.717) is 5.92 Å². The van der Waals surface area contributed by atoms with E-state index in [4.69, 9.17) is 15.2 Å². The molecule has 3 heteroatoms. The van der Waals surface area contributed by atoms with E-state index in [2.05, 4.69) is 43.3 Å². The molecule has 0 aromatic heterocycles. The standard InChI is InChI=1S/C21H27NO2/c1-4-16(22)13-21-19-9-7-17(23-2)11-14(19)5-6-15-12-18(24-3)8-10-20(15)21/h7-12,16,21H,4-6,13,22H2,1-3H3. The normalized spacial score (nSPS) is 15.2. The van der Waals surface area contributed by atoms with Gasteiger partial charge >= 0.3 is 0 Å². The number of rotatable bonds is 5. The van der Waals surface area contributed by atoms with Gasteiger partial charge in [0, 0.05) is 12.0 Å². The summed E-state index contributed by atoms with van der Waals surface area (Å²) < 4.78 is 10.9. The first-order valence-electron chi connectivity index (χ1n) is 8.75. The number of fused-ring (bicyclic) bond motifs is 2. The van der Waals surface area contributed by atoms with E-state index in [0.717, 1.165) is 37.2 Å². The quantitative estimate of drug-likeness (QED) is 0.901. The maximum atomic E-state index is 6.33. The van der Waals surface area contributed by atoms with Crippen LogP contribution in [0.4, 0.5) is 0 Å². The van der Waals surface area contributed by atoms with Crippen LogP contribution in [0.25, 0.3) is 0 Å². The highest BCUT2D eigenvalue weighted by Crippen LogP contribution is 2.39. The van der Waals surface area contributed by atoms with E-state index in [-0.39, 0.29) is 6.04 Å². The Morgan fingerprint density at radius 3 is 1.88 bits per heavy atom. The van der Waals surface area contributed by atoms with Gasteiger partial charge in [-0.25, -0.2) is 0 Å². The molecule has 2 aromatic carbocycles. The molecule has 0 saturated carbocycles. The first-order chi connectivity index (χ1) is 11.7. The van der Waals surface area contributed by atoms with Gasteiger partial charge in [0.2, 0.25) is 0 Å². The highest BCUT2D eigenvalue weighted by Gasteiger charge is 2.25. The van der Waals surface area contributed by atoms with Crippen LogP contribution in [0.15, 0.2) is 36.4 Å². The fourth-order valence-electron chi connectivity index (χ4n) is 3.69. The van der Waals surface area contributed by atoms with Crippen LogP contribution in [0.2, 0.25) is 0 Å². The molecule has 2 aromatic rings. The van der Waals surface area contributed by atoms with E-state index in [9.17, 15) is 0 Å². The van der Waals surface area contributed by atoms with Gasteiger partial charge in [-0.05, 0) is 72.2 Å². The molecular formula is C21H27NO2. The van der Waals surface area contributed by atoms with Gasteiger partial charge in [-0.1, -0.05) is 19.1 Å². The Hall–Kier alpha value is -2.00. The SMILES string of the molecule is CCC(N)CC1c2ccc(OC)cc2CCc2cc(OC)ccc21. The number of aryl methyl sites for hydroxylation is 2. The number of hydrogen-bond acceptors (Lipinski definition) is 3. The van der Waals surface area contributed by atoms with E-state index >= 15 is 0 Å². The van der Waals surface area contributed by atoms with Gasteiger partial charge in [-0.2, -0.15) is 0 Å². The predicted molar refractivity (Wildman–Crippen MR) is 98.1 cm³/mol. The summed E-state index contributed by atoms with van der Waals surface area (Å²) in [5.74, 6) is 2.19. The molecule has 0 spiro atoms. The summed E-state index contributed by atoms with van der Waals surface area (Å²) in [4.78, 5) is 0. The zero-order valence-corrected chi connectivity index (χ0v) is 14.8. The van der Waals surface area contributed by atoms with E-state index in [1.807, 2.05) is 0 Å². The van der Waals surface area contributed by atoms with Crippen LogP contribution < -0.4 is 15.2 Å². The van der Waals surface area contributed by atoms with Crippen molar-refractivity contribution < 1.29 is 9.47 Å². The van der Waals surface area contributed by atoms with Crippen molar-refractivity contribution in [1.29, 1.82) is 0 Å². The van der Waals surface area contributed by atoms with Gasteiger partial charge in [-0.15, -0.1) is 0 Å². The second kappa shape index (κ2) is 7.27. The molecule has 3 rings (SSSR count). The van der Waals surface area contributed by atoms with E-state index < -0.39 is 0 Å². The lowest BCUT2D eigenvalue weighted by atomic mass is 9.83. The number of nitrogens with two attached hydrogens (primary N) is 1. The van der Waals surface area contributed by atoms with Gasteiger partial charge in [0.1, 0.15) is 11.5 Å². The largest absolute Gasteiger partial charge is 0.497 e. The van der Waals surface area contributed by atoms with Crippen molar-refractivity contribution in [3.05, 3.63) is 58.7 Å². The van der Waals surface area contributed by atoms with Crippen LogP contribution in [0.5, 0.6) is 11.5 Å². The van der Waals surface area contributed by atoms with E-state index in [1.165, 1.54) is 22.3 Å². The molecule has 0 radical (unpaired) electrons. The van der Waals surface area contributed by atoms with Gasteiger partial charge in [0.25, 0.3) is 0 Å². The summed E-state index contributed by atoms with van der Waals surface area (Å²) >= 11 is 0. The number of ether oxygens (including phenoxy) is 2. The fourth-order valence-corrected chi connectivity index (χ4v) is 3.69. The van der Waals surface area contributed by atoms with Crippen molar-refractivity contribution in [3.8, 4) is 11.5 Å². The van der Waals surface area contributed by atoms with Crippen molar-refractivity contribution in [2.24, 2.45) is 5.73 Å². The second-order valence-electron chi connectivity index (χ2n) is 6.59. The van der Waals surface area contributed by atoms with Gasteiger partial charge in [0.15, 0.2) is 0 Å². The third kappa shape index (κ3) is 3.27. The maximum absolute atomic E-state index is 6.33. The minimum Gasteiger partial charge on any atom is -0.497 e. The Morgan fingerprint density at radius 1 is 0.958 bits per heavy atom. The lowest BCUT2D eigenvalue weighted by Crippen LogP contribution is -2.22. The summed E-state index contributed by atoms with van der Waals surface area (Å²) in [5, 5.41) is 0. The zero-order chi connectivity index (χ0) is 17.1. The third-order valence-electron chi connectivity index (χ3n) is 5.18. The molecule has 128 valence electrons. The van der Waals surface area contributed by atoms with Crippen LogP contribution in [-0.4, -0.2) is 20.3 Å². The summed E-state index contributed by atoms with van der Waals surface area (Å²) in [6.07, 6.45) is 4.00. The summed E-state index contributed by atoms with van der Waals surface area (Å²) in [7, 11) is 3.45. The summed E-state index contributed by atoms with van der Waals surface area (Å²) in [6.45, 7) is 2.16. The van der Waals surface area contributed by atoms with Crippen LogP contribution in [0.1, 0.15) is 47.9 Å². The van der Waals surface area contributed by atoms with Crippen LogP contribution in [0.3, 0.4) is 0 Å². The molecule has 3 nitrogen and oxygen atoms in total. The molecule has 1 aliphatic rings. The number of hydrogen-bond donors (Lipinski definition) is 1. The van der Waals surface area contributed by atoms with Crippen molar-refractivity contribution in [2.75, 3.05) is 14.2 Å². The Kier molecular flexibility index (Phi) is 5.10. The smallest absolute Gasteiger partial charge is 0.119 e. The molecule has 0 fully saturated rings. The van der Waals surface area contributed by atoms with Crippen molar-refractivity contribution in [3.63, 3.8) is 0 Å². The van der Waals surface area contributed by atoms with Crippen LogP contribution in [-0.2, 0) is 12.8 Å². The van der Waals surface area contributed by atoms with Crippen molar-refractivity contribution >= 4 is 0 Å². The highest BCUT2D eigenvalue weighted by atomic mass is 16.5. The molecule has 0 bridgehead atoms. The second-order valence-corrected chi connectivity index (χ2v) is 6.59. The van der Waals surface area contributed by atoms with Gasteiger partial charge in [0.05, 0.1) is 14.2 Å². The Balaban J connectivity index is 2.09. The maximum Gasteiger partial charge on any atom is 0.119 e. The minimum absolute atomic E-state index is 0.206. The number of benzene rings is 2. The topological polar surface area (TPSA) is 44.5 Å². The van der Waals surface area contributed by atoms with Crippen LogP contribution >= 0.6 is 0 Å². The Bertz CT molecular complexity index is 655. The van der Waals surface area contributed by atoms with Crippen LogP contribution in [0, 0.1) is 0 Å². The molecule has 24 heavy (non-hydrogen) atoms. The lowest BCUT2D eigenvalue weighted by molar-refractivity contribution is 0.414. The summed E-state index contributed by atoms with van der Waals surface area (Å²) in [5.41, 5.74) is 11.9. The van der Waals surface area contributed by atoms with Gasteiger partial charge < -0.3 is 15.2 Å². The molecule has 0 amide bonds. The number of methoxy groups -OCH3 is 2. The predicted octanol–water partition coefficient (Wildman–Crippen LogP) is 4.06.